The zero-order valence-electron chi connectivity index (χ0n) is 17.1. The van der Waals surface area contributed by atoms with Crippen molar-refractivity contribution in [2.75, 3.05) is 13.1 Å². The van der Waals surface area contributed by atoms with Crippen molar-refractivity contribution in [3.63, 3.8) is 0 Å². The minimum atomic E-state index is -0.105. The van der Waals surface area contributed by atoms with Gasteiger partial charge in [-0.05, 0) is 57.0 Å². The van der Waals surface area contributed by atoms with Crippen molar-refractivity contribution in [1.82, 2.24) is 9.88 Å². The fraction of sp³-hybridized carbons (Fsp3) is 0.333. The highest BCUT2D eigenvalue weighted by Crippen LogP contribution is 2.34. The highest BCUT2D eigenvalue weighted by atomic mass is 32.1. The number of aromatic hydroxyl groups is 1. The van der Waals surface area contributed by atoms with Crippen molar-refractivity contribution in [3.05, 3.63) is 57.9 Å². The Kier molecular flexibility index (Phi) is 4.83. The second-order valence-corrected chi connectivity index (χ2v) is 9.34. The lowest BCUT2D eigenvalue weighted by molar-refractivity contribution is 0.183. The van der Waals surface area contributed by atoms with E-state index in [1.54, 1.807) is 13.0 Å². The van der Waals surface area contributed by atoms with Crippen molar-refractivity contribution in [3.8, 4) is 16.3 Å². The van der Waals surface area contributed by atoms with Gasteiger partial charge in [-0.15, -0.1) is 11.3 Å². The highest BCUT2D eigenvalue weighted by Gasteiger charge is 2.21. The third-order valence-electron chi connectivity index (χ3n) is 6.14. The number of phenolic OH excluding ortho intramolecular Hbond substituents is 1. The van der Waals surface area contributed by atoms with Gasteiger partial charge in [0.2, 0.25) is 5.43 Å². The number of nitrogens with zero attached hydrogens (tertiary/aromatic N) is 2. The van der Waals surface area contributed by atoms with Crippen molar-refractivity contribution < 1.29 is 9.52 Å². The number of aromatic nitrogens is 1. The molecule has 0 saturated carbocycles. The molecule has 0 radical (unpaired) electrons. The van der Waals surface area contributed by atoms with Gasteiger partial charge < -0.3 is 9.52 Å². The van der Waals surface area contributed by atoms with E-state index in [9.17, 15) is 9.90 Å². The van der Waals surface area contributed by atoms with Crippen LogP contribution in [0, 0.1) is 12.8 Å². The maximum atomic E-state index is 13.4. The number of benzene rings is 2. The van der Waals surface area contributed by atoms with Crippen LogP contribution in [0.4, 0.5) is 0 Å². The van der Waals surface area contributed by atoms with Crippen molar-refractivity contribution >= 4 is 32.5 Å². The Morgan fingerprint density at radius 1 is 1.27 bits per heavy atom. The van der Waals surface area contributed by atoms with Crippen LogP contribution in [0.5, 0.6) is 5.75 Å². The molecule has 1 N–H and O–H groups in total. The second kappa shape index (κ2) is 7.52. The van der Waals surface area contributed by atoms with Crippen LogP contribution in [0.1, 0.15) is 30.9 Å². The topological polar surface area (TPSA) is 66.6 Å². The van der Waals surface area contributed by atoms with E-state index in [2.05, 4.69) is 16.8 Å². The lowest BCUT2D eigenvalue weighted by atomic mass is 9.98. The van der Waals surface area contributed by atoms with Gasteiger partial charge in [-0.25, -0.2) is 4.98 Å². The predicted molar refractivity (Wildman–Crippen MR) is 121 cm³/mol. The van der Waals surface area contributed by atoms with Gasteiger partial charge in [-0.2, -0.15) is 0 Å². The third-order valence-corrected chi connectivity index (χ3v) is 7.21. The number of hydrogen-bond donors (Lipinski definition) is 1. The van der Waals surface area contributed by atoms with Crippen molar-refractivity contribution in [1.29, 1.82) is 0 Å². The molecule has 3 heterocycles. The quantitative estimate of drug-likeness (QED) is 0.486. The number of thiazole rings is 1. The molecule has 0 unspecified atom stereocenters. The summed E-state index contributed by atoms with van der Waals surface area (Å²) in [6.45, 7) is 6.75. The van der Waals surface area contributed by atoms with Crippen LogP contribution in [0.25, 0.3) is 31.8 Å². The summed E-state index contributed by atoms with van der Waals surface area (Å²) in [5.74, 6) is 0.966. The van der Waals surface area contributed by atoms with Gasteiger partial charge in [0.1, 0.15) is 22.6 Å². The molecule has 5 nitrogen and oxygen atoms in total. The van der Waals surface area contributed by atoms with Gasteiger partial charge in [0.25, 0.3) is 0 Å². The van der Waals surface area contributed by atoms with E-state index in [1.807, 2.05) is 24.3 Å². The number of rotatable bonds is 3. The van der Waals surface area contributed by atoms with E-state index in [0.29, 0.717) is 33.6 Å². The minimum Gasteiger partial charge on any atom is -0.507 e. The van der Waals surface area contributed by atoms with E-state index in [0.717, 1.165) is 47.6 Å². The van der Waals surface area contributed by atoms with Gasteiger partial charge in [0.15, 0.2) is 0 Å². The standard InChI is InChI=1S/C24H24N2O3S/c1-14-7-9-26(10-8-14)12-16-11-17-22(28)18(13-29-23(17)15(2)21(16)27)24-25-19-5-3-4-6-20(19)30-24/h3-6,11,13-14,27H,7-10,12H2,1-2H3. The van der Waals surface area contributed by atoms with E-state index in [-0.39, 0.29) is 11.2 Å². The van der Waals surface area contributed by atoms with Gasteiger partial charge >= 0.3 is 0 Å². The molecule has 1 aliphatic heterocycles. The number of piperidine rings is 1. The van der Waals surface area contributed by atoms with Gasteiger partial charge in [0.05, 0.1) is 21.2 Å². The van der Waals surface area contributed by atoms with Crippen molar-refractivity contribution in [2.45, 2.75) is 33.2 Å². The Hall–Kier alpha value is -2.70. The van der Waals surface area contributed by atoms with Crippen LogP contribution in [-0.4, -0.2) is 28.1 Å². The summed E-state index contributed by atoms with van der Waals surface area (Å²) >= 11 is 1.48. The Balaban J connectivity index is 1.59. The molecule has 5 rings (SSSR count). The molecule has 0 bridgehead atoms. The Morgan fingerprint density at radius 2 is 2.03 bits per heavy atom. The highest BCUT2D eigenvalue weighted by molar-refractivity contribution is 7.21. The first kappa shape index (κ1) is 19.3. The average Bonchev–Trinajstić information content (AvgIpc) is 3.18. The fourth-order valence-corrected chi connectivity index (χ4v) is 5.18. The van der Waals surface area contributed by atoms with E-state index in [4.69, 9.17) is 4.42 Å². The number of aryl methyl sites for hydroxylation is 1. The molecule has 2 aromatic heterocycles. The Morgan fingerprint density at radius 3 is 2.80 bits per heavy atom. The maximum Gasteiger partial charge on any atom is 0.202 e. The molecule has 4 aromatic rings. The molecule has 1 saturated heterocycles. The lowest BCUT2D eigenvalue weighted by Gasteiger charge is -2.30. The Bertz CT molecular complexity index is 1270. The van der Waals surface area contributed by atoms with Gasteiger partial charge in [-0.1, -0.05) is 19.1 Å². The minimum absolute atomic E-state index is 0.105. The molecular formula is C24H24N2O3S. The zero-order chi connectivity index (χ0) is 20.8. The normalized spacial score (nSPS) is 15.9. The van der Waals surface area contributed by atoms with Crippen LogP contribution in [0.2, 0.25) is 0 Å². The SMILES string of the molecule is Cc1c(O)c(CN2CCC(C)CC2)cc2c(=O)c(-c3nc4ccccc4s3)coc12. The fourth-order valence-electron chi connectivity index (χ4n) is 4.21. The number of fused-ring (bicyclic) bond motifs is 2. The van der Waals surface area contributed by atoms with E-state index >= 15 is 0 Å². The first-order chi connectivity index (χ1) is 14.5. The lowest BCUT2D eigenvalue weighted by Crippen LogP contribution is -2.32. The molecule has 0 spiro atoms. The van der Waals surface area contributed by atoms with Crippen LogP contribution in [-0.2, 0) is 6.54 Å². The first-order valence-corrected chi connectivity index (χ1v) is 11.2. The second-order valence-electron chi connectivity index (χ2n) is 8.31. The molecule has 0 amide bonds. The maximum absolute atomic E-state index is 13.4. The molecule has 0 aliphatic carbocycles. The summed E-state index contributed by atoms with van der Waals surface area (Å²) in [6.07, 6.45) is 3.80. The molecule has 2 aromatic carbocycles. The molecular weight excluding hydrogens is 396 g/mol. The Labute approximate surface area is 178 Å². The molecule has 6 heteroatoms. The molecule has 0 atom stereocenters. The average molecular weight is 421 g/mol. The monoisotopic (exact) mass is 420 g/mol. The van der Waals surface area contributed by atoms with E-state index in [1.165, 1.54) is 17.6 Å². The molecule has 30 heavy (non-hydrogen) atoms. The number of hydrogen-bond acceptors (Lipinski definition) is 6. The summed E-state index contributed by atoms with van der Waals surface area (Å²) in [7, 11) is 0. The number of para-hydroxylation sites is 1. The summed E-state index contributed by atoms with van der Waals surface area (Å²) < 4.78 is 6.87. The van der Waals surface area contributed by atoms with Crippen molar-refractivity contribution in [2.24, 2.45) is 5.92 Å². The predicted octanol–water partition coefficient (Wildman–Crippen LogP) is 5.32. The molecule has 154 valence electrons. The summed E-state index contributed by atoms with van der Waals surface area (Å²) in [4.78, 5) is 20.3. The third kappa shape index (κ3) is 3.30. The molecule has 1 fully saturated rings. The summed E-state index contributed by atoms with van der Waals surface area (Å²) in [5, 5.41) is 11.9. The largest absolute Gasteiger partial charge is 0.507 e. The summed E-state index contributed by atoms with van der Waals surface area (Å²) in [6, 6.07) is 9.65. The summed E-state index contributed by atoms with van der Waals surface area (Å²) in [5.41, 5.74) is 3.07. The number of phenols is 1. The zero-order valence-corrected chi connectivity index (χ0v) is 18.0. The van der Waals surface area contributed by atoms with Crippen LogP contribution in [0.15, 0.2) is 45.8 Å². The first-order valence-electron chi connectivity index (χ1n) is 10.4. The smallest absolute Gasteiger partial charge is 0.202 e. The van der Waals surface area contributed by atoms with Gasteiger partial charge in [-0.3, -0.25) is 9.69 Å². The van der Waals surface area contributed by atoms with Crippen LogP contribution in [0.3, 0.4) is 0 Å². The van der Waals surface area contributed by atoms with Gasteiger partial charge in [0, 0.05) is 17.7 Å². The van der Waals surface area contributed by atoms with Crippen LogP contribution < -0.4 is 5.43 Å². The van der Waals surface area contributed by atoms with E-state index < -0.39 is 0 Å². The number of likely N-dealkylation sites (tertiary alicyclic amines) is 1. The van der Waals surface area contributed by atoms with Crippen LogP contribution >= 0.6 is 11.3 Å². The molecule has 1 aliphatic rings.